The van der Waals surface area contributed by atoms with Gasteiger partial charge < -0.3 is 15.2 Å². The minimum absolute atomic E-state index is 0.376. The van der Waals surface area contributed by atoms with Gasteiger partial charge in [-0.2, -0.15) is 5.10 Å². The zero-order valence-corrected chi connectivity index (χ0v) is 20.9. The minimum Gasteiger partial charge on any atom is -0.490 e. The van der Waals surface area contributed by atoms with Crippen LogP contribution in [0, 0.1) is 0 Å². The lowest BCUT2D eigenvalue weighted by Gasteiger charge is -2.22. The molecule has 192 valence electrons. The predicted octanol–water partition coefficient (Wildman–Crippen LogP) is 6.18. The topological polar surface area (TPSA) is 103 Å². The van der Waals surface area contributed by atoms with Crippen LogP contribution in [0.3, 0.4) is 0 Å². The Bertz CT molecular complexity index is 1200. The summed E-state index contributed by atoms with van der Waals surface area (Å²) >= 11 is 0. The Hall–Kier alpha value is -4.13. The Morgan fingerprint density at radius 1 is 0.811 bits per heavy atom. The molecule has 7 heteroatoms. The largest absolute Gasteiger partial charge is 0.490 e. The number of nitrogens with two attached hydrogens (primary N) is 1. The van der Waals surface area contributed by atoms with Crippen LogP contribution in [0.4, 0.5) is 4.79 Å². The molecule has 0 aliphatic heterocycles. The SMILES string of the molecule is NC(=O)N/N=C/c1ccc(Oc2ccc3c(c2)CCC3)cc1.O=Cc1ccc(OC2CCCCC2)cc1. The molecule has 3 aromatic rings. The van der Waals surface area contributed by atoms with Gasteiger partial charge in [-0.15, -0.1) is 0 Å². The van der Waals surface area contributed by atoms with Crippen LogP contribution in [0.15, 0.2) is 71.8 Å². The third-order valence-electron chi connectivity index (χ3n) is 6.45. The van der Waals surface area contributed by atoms with Gasteiger partial charge in [-0.3, -0.25) is 4.79 Å². The molecule has 0 atom stereocenters. The first-order valence-electron chi connectivity index (χ1n) is 12.8. The molecular formula is C30H33N3O4. The first-order chi connectivity index (χ1) is 18.1. The van der Waals surface area contributed by atoms with E-state index in [-0.39, 0.29) is 0 Å². The highest BCUT2D eigenvalue weighted by molar-refractivity contribution is 5.81. The van der Waals surface area contributed by atoms with Gasteiger partial charge in [0.05, 0.1) is 12.3 Å². The van der Waals surface area contributed by atoms with Crippen LogP contribution < -0.4 is 20.6 Å². The van der Waals surface area contributed by atoms with Crippen molar-refractivity contribution >= 4 is 18.5 Å². The number of primary amides is 1. The van der Waals surface area contributed by atoms with Crippen molar-refractivity contribution in [3.05, 3.63) is 89.0 Å². The number of hydrazone groups is 1. The van der Waals surface area contributed by atoms with Gasteiger partial charge >= 0.3 is 6.03 Å². The number of hydrogen-bond donors (Lipinski definition) is 2. The van der Waals surface area contributed by atoms with Crippen molar-refractivity contribution < 1.29 is 19.1 Å². The molecule has 1 saturated carbocycles. The quantitative estimate of drug-likeness (QED) is 0.230. The van der Waals surface area contributed by atoms with Gasteiger partial charge in [-0.05, 0) is 122 Å². The second kappa shape index (κ2) is 13.3. The number of carbonyl (C=O) groups excluding carboxylic acids is 2. The summed E-state index contributed by atoms with van der Waals surface area (Å²) in [5.41, 5.74) is 11.4. The van der Waals surface area contributed by atoms with Crippen molar-refractivity contribution in [2.75, 3.05) is 0 Å². The Morgan fingerprint density at radius 2 is 1.46 bits per heavy atom. The molecule has 2 aliphatic rings. The summed E-state index contributed by atoms with van der Waals surface area (Å²) in [6.07, 6.45) is 12.5. The van der Waals surface area contributed by atoms with Gasteiger partial charge in [0.25, 0.3) is 0 Å². The number of amides is 2. The second-order valence-electron chi connectivity index (χ2n) is 9.25. The molecule has 0 unspecified atom stereocenters. The lowest BCUT2D eigenvalue weighted by molar-refractivity contribution is 0.112. The van der Waals surface area contributed by atoms with E-state index >= 15 is 0 Å². The summed E-state index contributed by atoms with van der Waals surface area (Å²) in [5.74, 6) is 2.50. The predicted molar refractivity (Wildman–Crippen MR) is 145 cm³/mol. The van der Waals surface area contributed by atoms with E-state index in [1.165, 1.54) is 49.4 Å². The molecule has 0 bridgehead atoms. The number of nitrogens with zero attached hydrogens (tertiary/aromatic N) is 1. The number of aryl methyl sites for hydroxylation is 2. The smallest absolute Gasteiger partial charge is 0.332 e. The standard InChI is InChI=1S/C17H17N3O2.C13H16O2/c18-17(21)20-19-11-12-4-7-15(8-5-12)22-16-9-6-13-2-1-3-14(13)10-16;14-10-11-6-8-13(9-7-11)15-12-4-2-1-3-5-12/h4-11H,1-3H2,(H3,18,20,21);6-10,12H,1-5H2/b19-11+;. The van der Waals surface area contributed by atoms with E-state index in [9.17, 15) is 9.59 Å². The van der Waals surface area contributed by atoms with Crippen LogP contribution >= 0.6 is 0 Å². The molecule has 3 N–H and O–H groups in total. The van der Waals surface area contributed by atoms with Crippen LogP contribution in [0.25, 0.3) is 0 Å². The first-order valence-corrected chi connectivity index (χ1v) is 12.8. The number of aldehydes is 1. The molecule has 0 heterocycles. The van der Waals surface area contributed by atoms with E-state index in [1.807, 2.05) is 42.5 Å². The maximum Gasteiger partial charge on any atom is 0.332 e. The molecule has 0 aromatic heterocycles. The lowest BCUT2D eigenvalue weighted by atomic mass is 9.98. The van der Waals surface area contributed by atoms with Crippen molar-refractivity contribution in [2.45, 2.75) is 57.5 Å². The summed E-state index contributed by atoms with van der Waals surface area (Å²) in [4.78, 5) is 21.0. The van der Waals surface area contributed by atoms with Crippen molar-refractivity contribution in [2.24, 2.45) is 10.8 Å². The molecule has 5 rings (SSSR count). The maximum absolute atomic E-state index is 10.5. The Morgan fingerprint density at radius 3 is 2.16 bits per heavy atom. The summed E-state index contributed by atoms with van der Waals surface area (Å²) in [6, 6.07) is 20.4. The Kier molecular flexibility index (Phi) is 9.29. The highest BCUT2D eigenvalue weighted by Crippen LogP contribution is 2.29. The fourth-order valence-corrected chi connectivity index (χ4v) is 4.54. The van der Waals surface area contributed by atoms with E-state index in [1.54, 1.807) is 12.1 Å². The number of hydrogen-bond acceptors (Lipinski definition) is 5. The maximum atomic E-state index is 10.5. The van der Waals surface area contributed by atoms with Crippen molar-refractivity contribution in [3.8, 4) is 17.2 Å². The van der Waals surface area contributed by atoms with Gasteiger partial charge in [-0.25, -0.2) is 10.2 Å². The van der Waals surface area contributed by atoms with Gasteiger partial charge in [0, 0.05) is 5.56 Å². The molecule has 7 nitrogen and oxygen atoms in total. The van der Waals surface area contributed by atoms with E-state index in [0.29, 0.717) is 11.7 Å². The highest BCUT2D eigenvalue weighted by atomic mass is 16.5. The molecule has 2 amide bonds. The van der Waals surface area contributed by atoms with Crippen molar-refractivity contribution in [3.63, 3.8) is 0 Å². The fourth-order valence-electron chi connectivity index (χ4n) is 4.54. The van der Waals surface area contributed by atoms with Crippen LogP contribution in [-0.2, 0) is 12.8 Å². The van der Waals surface area contributed by atoms with Crippen molar-refractivity contribution in [1.29, 1.82) is 0 Å². The molecule has 37 heavy (non-hydrogen) atoms. The molecule has 1 fully saturated rings. The second-order valence-corrected chi connectivity index (χ2v) is 9.25. The van der Waals surface area contributed by atoms with Crippen LogP contribution in [0.1, 0.15) is 65.6 Å². The Balaban J connectivity index is 0.000000186. The van der Waals surface area contributed by atoms with Gasteiger partial charge in [0.2, 0.25) is 0 Å². The van der Waals surface area contributed by atoms with E-state index in [4.69, 9.17) is 15.2 Å². The summed E-state index contributed by atoms with van der Waals surface area (Å²) in [6.45, 7) is 0. The third-order valence-corrected chi connectivity index (χ3v) is 6.45. The molecule has 3 aromatic carbocycles. The number of urea groups is 1. The van der Waals surface area contributed by atoms with E-state index in [2.05, 4.69) is 22.7 Å². The van der Waals surface area contributed by atoms with Gasteiger partial charge in [-0.1, -0.05) is 12.5 Å². The third kappa shape index (κ3) is 8.20. The lowest BCUT2D eigenvalue weighted by Crippen LogP contribution is -2.24. The molecule has 0 radical (unpaired) electrons. The monoisotopic (exact) mass is 499 g/mol. The number of rotatable bonds is 7. The van der Waals surface area contributed by atoms with Crippen molar-refractivity contribution in [1.82, 2.24) is 5.43 Å². The number of benzene rings is 3. The fraction of sp³-hybridized carbons (Fsp3) is 0.300. The molecule has 2 aliphatic carbocycles. The number of carbonyl (C=O) groups is 2. The minimum atomic E-state index is -0.687. The summed E-state index contributed by atoms with van der Waals surface area (Å²) < 4.78 is 11.7. The number of ether oxygens (including phenoxy) is 2. The summed E-state index contributed by atoms with van der Waals surface area (Å²) in [7, 11) is 0. The number of nitrogens with one attached hydrogen (secondary N) is 1. The van der Waals surface area contributed by atoms with Gasteiger partial charge in [0.1, 0.15) is 23.5 Å². The molecule has 0 saturated heterocycles. The van der Waals surface area contributed by atoms with E-state index < -0.39 is 6.03 Å². The average Bonchev–Trinajstić information content (AvgIpc) is 3.39. The first kappa shape index (κ1) is 25.9. The highest BCUT2D eigenvalue weighted by Gasteiger charge is 2.14. The van der Waals surface area contributed by atoms with Gasteiger partial charge in [0.15, 0.2) is 0 Å². The zero-order valence-electron chi connectivity index (χ0n) is 20.9. The molecule has 0 spiro atoms. The average molecular weight is 500 g/mol. The van der Waals surface area contributed by atoms with E-state index in [0.717, 1.165) is 48.4 Å². The Labute approximate surface area is 217 Å². The summed E-state index contributed by atoms with van der Waals surface area (Å²) in [5, 5.41) is 3.70. The van der Waals surface area contributed by atoms with Crippen LogP contribution in [-0.4, -0.2) is 24.6 Å². The zero-order chi connectivity index (χ0) is 25.9. The van der Waals surface area contributed by atoms with Crippen LogP contribution in [0.5, 0.6) is 17.2 Å². The normalized spacial score (nSPS) is 14.8. The molecular weight excluding hydrogens is 466 g/mol. The van der Waals surface area contributed by atoms with Crippen LogP contribution in [0.2, 0.25) is 0 Å². The number of fused-ring (bicyclic) bond motifs is 1.